The predicted octanol–water partition coefficient (Wildman–Crippen LogP) is 4.89. The fraction of sp³-hybridized carbons (Fsp3) is 0.500. The fourth-order valence-electron chi connectivity index (χ4n) is 1.85. The molecule has 0 unspecified atom stereocenters. The van der Waals surface area contributed by atoms with Crippen LogP contribution in [0.3, 0.4) is 0 Å². The molecule has 1 aromatic rings. The summed E-state index contributed by atoms with van der Waals surface area (Å²) in [4.78, 5) is 18.6. The molecule has 0 saturated heterocycles. The molecule has 1 rings (SSSR count). The summed E-state index contributed by atoms with van der Waals surface area (Å²) < 4.78 is 6.31. The summed E-state index contributed by atoms with van der Waals surface area (Å²) in [6.07, 6.45) is -0.493. The Morgan fingerprint density at radius 1 is 1.20 bits per heavy atom. The van der Waals surface area contributed by atoms with E-state index in [4.69, 9.17) is 27.9 Å². The molecule has 112 valence electrons. The van der Waals surface area contributed by atoms with Gasteiger partial charge in [0.2, 0.25) is 0 Å². The number of carbonyl (C=O) groups excluding carboxylic acids is 1. The zero-order chi connectivity index (χ0) is 15.7. The summed E-state index contributed by atoms with van der Waals surface area (Å²) in [6.45, 7) is 5.46. The van der Waals surface area contributed by atoms with Crippen LogP contribution in [0.4, 0.5) is 10.5 Å². The molecule has 0 aliphatic heterocycles. The standard InChI is InChI=1S/C11H12Cl2NO2.3CH3.Sn/c1-11(2,3)16-10(15)14-9-5-7(12)4-8(13)6-9;;;;/h4-5H,1-3H3,(H,14,15);3*1H3;. The van der Waals surface area contributed by atoms with Crippen molar-refractivity contribution in [3.8, 4) is 0 Å². The van der Waals surface area contributed by atoms with Crippen LogP contribution < -0.4 is 8.90 Å². The van der Waals surface area contributed by atoms with Crippen LogP contribution in [0.2, 0.25) is 24.9 Å². The number of anilines is 1. The van der Waals surface area contributed by atoms with Gasteiger partial charge in [-0.2, -0.15) is 0 Å². The molecule has 0 bridgehead atoms. The molecule has 1 N–H and O–H groups in total. The minimum absolute atomic E-state index is 0.493. The van der Waals surface area contributed by atoms with E-state index < -0.39 is 30.1 Å². The van der Waals surface area contributed by atoms with E-state index in [1.807, 2.05) is 20.8 Å². The first-order valence-electron chi connectivity index (χ1n) is 6.40. The van der Waals surface area contributed by atoms with Crippen molar-refractivity contribution in [2.24, 2.45) is 0 Å². The van der Waals surface area contributed by atoms with E-state index in [2.05, 4.69) is 20.1 Å². The van der Waals surface area contributed by atoms with Crippen LogP contribution in [0, 0.1) is 0 Å². The van der Waals surface area contributed by atoms with Gasteiger partial charge in [-0.3, -0.25) is 0 Å². The van der Waals surface area contributed by atoms with E-state index in [9.17, 15) is 4.79 Å². The maximum absolute atomic E-state index is 11.9. The first-order valence-corrected chi connectivity index (χ1v) is 17.1. The molecule has 20 heavy (non-hydrogen) atoms. The number of halogens is 2. The number of hydrogen-bond acceptors (Lipinski definition) is 2. The number of ether oxygens (including phenoxy) is 1. The molecular weight excluding hydrogens is 404 g/mol. The quantitative estimate of drug-likeness (QED) is 0.687. The van der Waals surface area contributed by atoms with Crippen molar-refractivity contribution in [2.75, 3.05) is 5.32 Å². The Kier molecular flexibility index (Phi) is 5.66. The molecule has 0 spiro atoms. The van der Waals surface area contributed by atoms with Crippen LogP contribution in [0.1, 0.15) is 20.8 Å². The zero-order valence-corrected chi connectivity index (χ0v) is 17.1. The van der Waals surface area contributed by atoms with Crippen molar-refractivity contribution in [3.05, 3.63) is 22.2 Å². The van der Waals surface area contributed by atoms with E-state index in [0.29, 0.717) is 15.7 Å². The van der Waals surface area contributed by atoms with Crippen LogP contribution in [-0.2, 0) is 4.74 Å². The van der Waals surface area contributed by atoms with Gasteiger partial charge >= 0.3 is 135 Å². The predicted molar refractivity (Wildman–Crippen MR) is 89.3 cm³/mol. The van der Waals surface area contributed by atoms with Crippen molar-refractivity contribution < 1.29 is 9.53 Å². The van der Waals surface area contributed by atoms with Crippen LogP contribution in [0.25, 0.3) is 0 Å². The Balaban J connectivity index is 3.15. The molecule has 0 aliphatic rings. The SMILES string of the molecule is CC(C)(C)OC(=O)Nc1cc(Cl)cc(Cl)[c]1[Sn]([CH3])([CH3])[CH3]. The second kappa shape index (κ2) is 6.32. The summed E-state index contributed by atoms with van der Waals surface area (Å²) in [5.74, 6) is 0. The molecule has 0 radical (unpaired) electrons. The third kappa shape index (κ3) is 5.34. The zero-order valence-electron chi connectivity index (χ0n) is 12.7. The third-order valence-electron chi connectivity index (χ3n) is 2.44. The van der Waals surface area contributed by atoms with Crippen molar-refractivity contribution in [3.63, 3.8) is 0 Å². The summed E-state index contributed by atoms with van der Waals surface area (Å²) in [7, 11) is 0. The molecule has 0 aliphatic carbocycles. The Hall–Kier alpha value is -0.131. The maximum atomic E-state index is 11.9. The number of amides is 1. The average molecular weight is 425 g/mol. The van der Waals surface area contributed by atoms with Gasteiger partial charge in [0.15, 0.2) is 0 Å². The minimum atomic E-state index is -2.50. The van der Waals surface area contributed by atoms with E-state index in [1.165, 1.54) is 0 Å². The number of carbonyl (C=O) groups is 1. The van der Waals surface area contributed by atoms with Crippen molar-refractivity contribution in [2.45, 2.75) is 41.2 Å². The van der Waals surface area contributed by atoms with Crippen LogP contribution in [0.5, 0.6) is 0 Å². The van der Waals surface area contributed by atoms with Gasteiger partial charge in [0.1, 0.15) is 0 Å². The Labute approximate surface area is 134 Å². The van der Waals surface area contributed by atoms with Crippen molar-refractivity contribution in [1.29, 1.82) is 0 Å². The molecular formula is C14H21Cl2NO2Sn. The van der Waals surface area contributed by atoms with Gasteiger partial charge in [-0.05, 0) is 0 Å². The topological polar surface area (TPSA) is 38.3 Å². The van der Waals surface area contributed by atoms with Crippen LogP contribution in [-0.4, -0.2) is 30.1 Å². The van der Waals surface area contributed by atoms with Gasteiger partial charge in [0.25, 0.3) is 0 Å². The summed E-state index contributed by atoms with van der Waals surface area (Å²) in [5.41, 5.74) is 0.123. The van der Waals surface area contributed by atoms with Gasteiger partial charge in [0, 0.05) is 0 Å². The summed E-state index contributed by atoms with van der Waals surface area (Å²) in [6, 6.07) is 3.45. The summed E-state index contributed by atoms with van der Waals surface area (Å²) >= 11 is 9.85. The molecule has 1 amide bonds. The van der Waals surface area contributed by atoms with E-state index in [0.717, 1.165) is 3.58 Å². The van der Waals surface area contributed by atoms with Gasteiger partial charge in [-0.1, -0.05) is 0 Å². The molecule has 6 heteroatoms. The van der Waals surface area contributed by atoms with E-state index in [-0.39, 0.29) is 0 Å². The molecule has 0 saturated carbocycles. The number of rotatable bonds is 2. The van der Waals surface area contributed by atoms with Gasteiger partial charge < -0.3 is 0 Å². The van der Waals surface area contributed by atoms with Crippen molar-refractivity contribution in [1.82, 2.24) is 0 Å². The van der Waals surface area contributed by atoms with Gasteiger partial charge in [-0.25, -0.2) is 0 Å². The van der Waals surface area contributed by atoms with Crippen LogP contribution in [0.15, 0.2) is 12.1 Å². The van der Waals surface area contributed by atoms with Crippen molar-refractivity contribution >= 4 is 56.9 Å². The fourth-order valence-corrected chi connectivity index (χ4v) is 9.18. The Morgan fingerprint density at radius 2 is 1.75 bits per heavy atom. The number of hydrogen-bond donors (Lipinski definition) is 1. The third-order valence-corrected chi connectivity index (χ3v) is 9.23. The van der Waals surface area contributed by atoms with E-state index >= 15 is 0 Å². The van der Waals surface area contributed by atoms with E-state index in [1.54, 1.807) is 12.1 Å². The molecule has 0 aromatic heterocycles. The molecule has 0 heterocycles. The summed E-state index contributed by atoms with van der Waals surface area (Å²) in [5, 5.41) is 3.90. The second-order valence-corrected chi connectivity index (χ2v) is 21.8. The first-order chi connectivity index (χ1) is 8.90. The van der Waals surface area contributed by atoms with Gasteiger partial charge in [-0.15, -0.1) is 0 Å². The van der Waals surface area contributed by atoms with Crippen LogP contribution >= 0.6 is 23.2 Å². The number of nitrogens with one attached hydrogen (secondary N) is 1. The van der Waals surface area contributed by atoms with Gasteiger partial charge in [0.05, 0.1) is 0 Å². The Bertz CT molecular complexity index is 519. The molecule has 3 nitrogen and oxygen atoms in total. The molecule has 0 fully saturated rings. The average Bonchev–Trinajstić information content (AvgIpc) is 2.08. The first kappa shape index (κ1) is 17.9. The Morgan fingerprint density at radius 3 is 2.20 bits per heavy atom. The normalized spacial score (nSPS) is 12.2. The monoisotopic (exact) mass is 425 g/mol. The molecule has 1 aromatic carbocycles. The molecule has 0 atom stereocenters. The number of benzene rings is 1. The second-order valence-electron chi connectivity index (χ2n) is 6.69.